The van der Waals surface area contributed by atoms with Crippen molar-refractivity contribution >= 4 is 10.0 Å². The van der Waals surface area contributed by atoms with Crippen LogP contribution in [0.5, 0.6) is 0 Å². The van der Waals surface area contributed by atoms with Crippen molar-refractivity contribution < 1.29 is 12.8 Å². The fourth-order valence-corrected chi connectivity index (χ4v) is 3.67. The summed E-state index contributed by atoms with van der Waals surface area (Å²) < 4.78 is 40.0. The second-order valence-electron chi connectivity index (χ2n) is 4.56. The lowest BCUT2D eigenvalue weighted by Gasteiger charge is -2.23. The number of aryl methyl sites for hydroxylation is 1. The molecule has 0 atom stereocenters. The molecular formula is C12H17FN2O2S. The summed E-state index contributed by atoms with van der Waals surface area (Å²) in [6.07, 6.45) is 1.55. The largest absolute Gasteiger partial charge is 0.317 e. The zero-order valence-corrected chi connectivity index (χ0v) is 11.1. The minimum atomic E-state index is -3.55. The minimum absolute atomic E-state index is 0.0410. The molecule has 4 nitrogen and oxygen atoms in total. The van der Waals surface area contributed by atoms with Crippen LogP contribution in [-0.4, -0.2) is 27.5 Å². The van der Waals surface area contributed by atoms with Crippen molar-refractivity contribution in [2.24, 2.45) is 0 Å². The second-order valence-corrected chi connectivity index (χ2v) is 6.24. The van der Waals surface area contributed by atoms with Crippen LogP contribution < -0.4 is 10.0 Å². The molecule has 100 valence electrons. The molecule has 1 aromatic carbocycles. The van der Waals surface area contributed by atoms with Gasteiger partial charge in [-0.3, -0.25) is 0 Å². The Bertz CT molecular complexity index is 525. The van der Waals surface area contributed by atoms with E-state index < -0.39 is 15.8 Å². The van der Waals surface area contributed by atoms with Gasteiger partial charge in [-0.15, -0.1) is 0 Å². The molecule has 2 N–H and O–H groups in total. The highest BCUT2D eigenvalue weighted by Crippen LogP contribution is 2.17. The van der Waals surface area contributed by atoms with Crippen molar-refractivity contribution in [3.05, 3.63) is 29.6 Å². The first kappa shape index (κ1) is 13.5. The maximum Gasteiger partial charge on any atom is 0.241 e. The number of benzene rings is 1. The Morgan fingerprint density at radius 1 is 1.33 bits per heavy atom. The third-order valence-electron chi connectivity index (χ3n) is 3.09. The number of sulfonamides is 1. The summed E-state index contributed by atoms with van der Waals surface area (Å²) in [4.78, 5) is 0.155. The van der Waals surface area contributed by atoms with Gasteiger partial charge in [0, 0.05) is 6.04 Å². The molecule has 0 bridgehead atoms. The summed E-state index contributed by atoms with van der Waals surface area (Å²) in [5.41, 5.74) is 0.427. The molecule has 1 saturated heterocycles. The Morgan fingerprint density at radius 3 is 2.61 bits per heavy atom. The van der Waals surface area contributed by atoms with E-state index in [9.17, 15) is 12.8 Å². The van der Waals surface area contributed by atoms with E-state index in [0.29, 0.717) is 5.56 Å². The lowest BCUT2D eigenvalue weighted by Crippen LogP contribution is -2.42. The maximum absolute atomic E-state index is 13.0. The molecule has 0 unspecified atom stereocenters. The SMILES string of the molecule is Cc1cc(F)ccc1S(=O)(=O)NC1CCNCC1. The molecule has 1 aliphatic heterocycles. The van der Waals surface area contributed by atoms with Crippen molar-refractivity contribution in [3.63, 3.8) is 0 Å². The molecule has 0 saturated carbocycles. The van der Waals surface area contributed by atoms with E-state index in [1.54, 1.807) is 6.92 Å². The topological polar surface area (TPSA) is 58.2 Å². The molecule has 1 heterocycles. The molecule has 0 spiro atoms. The quantitative estimate of drug-likeness (QED) is 0.868. The van der Waals surface area contributed by atoms with Crippen molar-refractivity contribution in [1.82, 2.24) is 10.0 Å². The first-order chi connectivity index (χ1) is 8.49. The van der Waals surface area contributed by atoms with Gasteiger partial charge in [0.1, 0.15) is 5.82 Å². The number of hydrogen-bond donors (Lipinski definition) is 2. The van der Waals surface area contributed by atoms with Crippen LogP contribution in [0, 0.1) is 12.7 Å². The standard InChI is InChI=1S/C12H17FN2O2S/c1-9-8-10(13)2-3-12(9)18(16,17)15-11-4-6-14-7-5-11/h2-3,8,11,14-15H,4-7H2,1H3. The Hall–Kier alpha value is -0.980. The molecule has 0 aliphatic carbocycles. The number of rotatable bonds is 3. The molecular weight excluding hydrogens is 255 g/mol. The van der Waals surface area contributed by atoms with Crippen LogP contribution in [0.4, 0.5) is 4.39 Å². The summed E-state index contributed by atoms with van der Waals surface area (Å²) in [5, 5.41) is 3.17. The number of piperidine rings is 1. The summed E-state index contributed by atoms with van der Waals surface area (Å²) in [6, 6.07) is 3.68. The normalized spacial score (nSPS) is 17.9. The molecule has 18 heavy (non-hydrogen) atoms. The molecule has 0 amide bonds. The highest BCUT2D eigenvalue weighted by molar-refractivity contribution is 7.89. The summed E-state index contributed by atoms with van der Waals surface area (Å²) in [6.45, 7) is 3.23. The molecule has 2 rings (SSSR count). The fourth-order valence-electron chi connectivity index (χ4n) is 2.14. The number of nitrogens with one attached hydrogen (secondary N) is 2. The third kappa shape index (κ3) is 3.07. The van der Waals surface area contributed by atoms with Crippen LogP contribution >= 0.6 is 0 Å². The van der Waals surface area contributed by atoms with Crippen molar-refractivity contribution in [1.29, 1.82) is 0 Å². The first-order valence-electron chi connectivity index (χ1n) is 5.98. The van der Waals surface area contributed by atoms with Crippen LogP contribution in [-0.2, 0) is 10.0 Å². The highest BCUT2D eigenvalue weighted by atomic mass is 32.2. The van der Waals surface area contributed by atoms with Gasteiger partial charge in [-0.1, -0.05) is 0 Å². The third-order valence-corrected chi connectivity index (χ3v) is 4.77. The van der Waals surface area contributed by atoms with E-state index >= 15 is 0 Å². The van der Waals surface area contributed by atoms with Crippen LogP contribution in [0.1, 0.15) is 18.4 Å². The Kier molecular flexibility index (Phi) is 3.99. The Morgan fingerprint density at radius 2 is 2.00 bits per heavy atom. The monoisotopic (exact) mass is 272 g/mol. The van der Waals surface area contributed by atoms with Crippen molar-refractivity contribution in [2.45, 2.75) is 30.7 Å². The van der Waals surface area contributed by atoms with E-state index in [1.807, 2.05) is 0 Å². The Labute approximate surface area is 107 Å². The fraction of sp³-hybridized carbons (Fsp3) is 0.500. The lowest BCUT2D eigenvalue weighted by molar-refractivity contribution is 0.427. The average Bonchev–Trinajstić information content (AvgIpc) is 2.29. The molecule has 0 radical (unpaired) electrons. The first-order valence-corrected chi connectivity index (χ1v) is 7.46. The predicted octanol–water partition coefficient (Wildman–Crippen LogP) is 1.16. The van der Waals surface area contributed by atoms with E-state index in [1.165, 1.54) is 18.2 Å². The van der Waals surface area contributed by atoms with Gasteiger partial charge in [-0.25, -0.2) is 17.5 Å². The van der Waals surface area contributed by atoms with Crippen molar-refractivity contribution in [2.75, 3.05) is 13.1 Å². The number of halogens is 1. The van der Waals surface area contributed by atoms with Gasteiger partial charge < -0.3 is 5.32 Å². The summed E-state index contributed by atoms with van der Waals surface area (Å²) >= 11 is 0. The molecule has 1 aromatic rings. The summed E-state index contributed by atoms with van der Waals surface area (Å²) in [5.74, 6) is -0.423. The second kappa shape index (κ2) is 5.34. The molecule has 0 aromatic heterocycles. The smallest absolute Gasteiger partial charge is 0.241 e. The number of hydrogen-bond acceptors (Lipinski definition) is 3. The van der Waals surface area contributed by atoms with E-state index in [4.69, 9.17) is 0 Å². The summed E-state index contributed by atoms with van der Waals surface area (Å²) in [7, 11) is -3.55. The van der Waals surface area contributed by atoms with Gasteiger partial charge in [-0.05, 0) is 56.6 Å². The van der Waals surface area contributed by atoms with Gasteiger partial charge in [0.15, 0.2) is 0 Å². The molecule has 1 fully saturated rings. The van der Waals surface area contributed by atoms with Gasteiger partial charge in [0.25, 0.3) is 0 Å². The van der Waals surface area contributed by atoms with Crippen LogP contribution in [0.3, 0.4) is 0 Å². The van der Waals surface area contributed by atoms with E-state index in [-0.39, 0.29) is 10.9 Å². The van der Waals surface area contributed by atoms with Gasteiger partial charge in [0.05, 0.1) is 4.90 Å². The van der Waals surface area contributed by atoms with Gasteiger partial charge in [0.2, 0.25) is 10.0 Å². The van der Waals surface area contributed by atoms with Gasteiger partial charge >= 0.3 is 0 Å². The Balaban J connectivity index is 2.19. The van der Waals surface area contributed by atoms with Gasteiger partial charge in [-0.2, -0.15) is 0 Å². The average molecular weight is 272 g/mol. The van der Waals surface area contributed by atoms with Crippen LogP contribution in [0.25, 0.3) is 0 Å². The van der Waals surface area contributed by atoms with E-state index in [0.717, 1.165) is 25.9 Å². The zero-order valence-electron chi connectivity index (χ0n) is 10.2. The molecule has 1 aliphatic rings. The predicted molar refractivity (Wildman–Crippen MR) is 67.4 cm³/mol. The zero-order chi connectivity index (χ0) is 13.2. The lowest BCUT2D eigenvalue weighted by atomic mass is 10.1. The minimum Gasteiger partial charge on any atom is -0.317 e. The maximum atomic E-state index is 13.0. The van der Waals surface area contributed by atoms with E-state index in [2.05, 4.69) is 10.0 Å². The van der Waals surface area contributed by atoms with Crippen LogP contribution in [0.15, 0.2) is 23.1 Å². The van der Waals surface area contributed by atoms with Crippen molar-refractivity contribution in [3.8, 4) is 0 Å². The van der Waals surface area contributed by atoms with Crippen LogP contribution in [0.2, 0.25) is 0 Å². The molecule has 6 heteroatoms. The highest BCUT2D eigenvalue weighted by Gasteiger charge is 2.23.